The van der Waals surface area contributed by atoms with E-state index in [1.54, 1.807) is 0 Å². The zero-order valence-corrected chi connectivity index (χ0v) is 14.4. The summed E-state index contributed by atoms with van der Waals surface area (Å²) < 4.78 is 0. The van der Waals surface area contributed by atoms with E-state index in [9.17, 15) is 9.59 Å². The van der Waals surface area contributed by atoms with Gasteiger partial charge in [0.2, 0.25) is 5.91 Å². The molecule has 1 saturated heterocycles. The fourth-order valence-electron chi connectivity index (χ4n) is 2.98. The molecule has 1 aliphatic heterocycles. The van der Waals surface area contributed by atoms with Crippen molar-refractivity contribution >= 4 is 17.7 Å². The van der Waals surface area contributed by atoms with Crippen LogP contribution >= 0.6 is 0 Å². The van der Waals surface area contributed by atoms with Gasteiger partial charge in [-0.05, 0) is 44.7 Å². The molecule has 0 saturated carbocycles. The maximum atomic E-state index is 12.2. The molecule has 0 aliphatic carbocycles. The molecule has 0 atom stereocenters. The van der Waals surface area contributed by atoms with E-state index in [1.807, 2.05) is 31.0 Å². The van der Waals surface area contributed by atoms with Crippen molar-refractivity contribution in [2.24, 2.45) is 0 Å². The Morgan fingerprint density at radius 3 is 2.46 bits per heavy atom. The summed E-state index contributed by atoms with van der Waals surface area (Å²) in [5.41, 5.74) is 0.899. The number of anilines is 1. The minimum absolute atomic E-state index is 0.136. The highest BCUT2D eigenvalue weighted by Gasteiger charge is 2.25. The lowest BCUT2D eigenvalue weighted by Crippen LogP contribution is -2.45. The predicted octanol–water partition coefficient (Wildman–Crippen LogP) is 1.86. The average molecular weight is 334 g/mol. The van der Waals surface area contributed by atoms with Crippen molar-refractivity contribution in [3.63, 3.8) is 0 Å². The molecule has 0 unspecified atom stereocenters. The van der Waals surface area contributed by atoms with Crippen LogP contribution in [0.5, 0.6) is 0 Å². The van der Waals surface area contributed by atoms with Gasteiger partial charge >= 0.3 is 5.97 Å². The van der Waals surface area contributed by atoms with E-state index in [0.717, 1.165) is 37.4 Å². The summed E-state index contributed by atoms with van der Waals surface area (Å²) in [6.45, 7) is 3.40. The summed E-state index contributed by atoms with van der Waals surface area (Å²) in [6.07, 6.45) is 3.60. The SMILES string of the molecule is Cc1ccc(N(C)C2CCN(C(=O)CCCCC(=O)O)CC2)nn1. The van der Waals surface area contributed by atoms with Crippen LogP contribution in [0.2, 0.25) is 0 Å². The van der Waals surface area contributed by atoms with Crippen LogP contribution in [-0.2, 0) is 9.59 Å². The molecule has 1 fully saturated rings. The first-order chi connectivity index (χ1) is 11.5. The van der Waals surface area contributed by atoms with Crippen LogP contribution in [0.3, 0.4) is 0 Å². The van der Waals surface area contributed by atoms with Crippen LogP contribution in [0, 0.1) is 6.92 Å². The third kappa shape index (κ3) is 5.18. The molecule has 0 aromatic carbocycles. The Morgan fingerprint density at radius 1 is 1.21 bits per heavy atom. The largest absolute Gasteiger partial charge is 0.481 e. The number of unbranched alkanes of at least 4 members (excludes halogenated alkanes) is 1. The summed E-state index contributed by atoms with van der Waals surface area (Å²) in [5, 5.41) is 16.9. The van der Waals surface area contributed by atoms with Gasteiger partial charge in [0.25, 0.3) is 0 Å². The van der Waals surface area contributed by atoms with Crippen LogP contribution < -0.4 is 4.90 Å². The van der Waals surface area contributed by atoms with E-state index in [1.165, 1.54) is 0 Å². The van der Waals surface area contributed by atoms with Crippen LogP contribution in [-0.4, -0.2) is 58.3 Å². The van der Waals surface area contributed by atoms with Crippen LogP contribution in [0.25, 0.3) is 0 Å². The second kappa shape index (κ2) is 8.61. The van der Waals surface area contributed by atoms with Crippen molar-refractivity contribution < 1.29 is 14.7 Å². The van der Waals surface area contributed by atoms with Gasteiger partial charge in [0.15, 0.2) is 5.82 Å². The molecule has 132 valence electrons. The number of hydrogen-bond donors (Lipinski definition) is 1. The molecule has 2 heterocycles. The minimum atomic E-state index is -0.800. The molecule has 1 N–H and O–H groups in total. The molecule has 1 aliphatic rings. The van der Waals surface area contributed by atoms with E-state index in [0.29, 0.717) is 25.3 Å². The summed E-state index contributed by atoms with van der Waals surface area (Å²) in [4.78, 5) is 26.7. The van der Waals surface area contributed by atoms with E-state index in [-0.39, 0.29) is 12.3 Å². The lowest BCUT2D eigenvalue weighted by molar-refractivity contribution is -0.137. The number of carboxylic acids is 1. The topological polar surface area (TPSA) is 86.6 Å². The normalized spacial score (nSPS) is 15.3. The number of hydrogen-bond acceptors (Lipinski definition) is 5. The zero-order valence-electron chi connectivity index (χ0n) is 14.4. The van der Waals surface area contributed by atoms with Crippen molar-refractivity contribution in [3.05, 3.63) is 17.8 Å². The Kier molecular flexibility index (Phi) is 6.52. The summed E-state index contributed by atoms with van der Waals surface area (Å²) in [7, 11) is 2.02. The van der Waals surface area contributed by atoms with E-state index >= 15 is 0 Å². The minimum Gasteiger partial charge on any atom is -0.481 e. The number of carboxylic acid groups (broad SMARTS) is 1. The average Bonchev–Trinajstić information content (AvgIpc) is 2.58. The van der Waals surface area contributed by atoms with Crippen LogP contribution in [0.15, 0.2) is 12.1 Å². The third-order valence-electron chi connectivity index (χ3n) is 4.54. The second-order valence-corrected chi connectivity index (χ2v) is 6.36. The van der Waals surface area contributed by atoms with Gasteiger partial charge in [-0.2, -0.15) is 5.10 Å². The second-order valence-electron chi connectivity index (χ2n) is 6.36. The number of carbonyl (C=O) groups is 2. The number of aliphatic carboxylic acids is 1. The first kappa shape index (κ1) is 18.2. The van der Waals surface area contributed by atoms with E-state index < -0.39 is 5.97 Å². The van der Waals surface area contributed by atoms with Gasteiger partial charge in [0, 0.05) is 39.0 Å². The highest BCUT2D eigenvalue weighted by Crippen LogP contribution is 2.21. The van der Waals surface area contributed by atoms with Crippen molar-refractivity contribution in [1.29, 1.82) is 0 Å². The number of rotatable bonds is 7. The Labute approximate surface area is 142 Å². The maximum absolute atomic E-state index is 12.2. The number of carbonyl (C=O) groups excluding carboxylic acids is 1. The summed E-state index contributed by atoms with van der Waals surface area (Å²) in [6, 6.07) is 4.29. The number of likely N-dealkylation sites (tertiary alicyclic amines) is 1. The van der Waals surface area contributed by atoms with Crippen molar-refractivity contribution in [2.45, 2.75) is 51.5 Å². The molecule has 1 aromatic heterocycles. The molecule has 0 spiro atoms. The van der Waals surface area contributed by atoms with Gasteiger partial charge in [-0.25, -0.2) is 0 Å². The molecule has 1 amide bonds. The van der Waals surface area contributed by atoms with Gasteiger partial charge in [0.05, 0.1) is 5.69 Å². The fraction of sp³-hybridized carbons (Fsp3) is 0.647. The third-order valence-corrected chi connectivity index (χ3v) is 4.54. The fourth-order valence-corrected chi connectivity index (χ4v) is 2.98. The number of aromatic nitrogens is 2. The maximum Gasteiger partial charge on any atom is 0.303 e. The standard InChI is InChI=1S/C17H26N4O3/c1-13-7-8-15(19-18-13)20(2)14-9-11-21(12-10-14)16(22)5-3-4-6-17(23)24/h7-8,14H,3-6,9-12H2,1-2H3,(H,23,24). The van der Waals surface area contributed by atoms with Crippen molar-refractivity contribution in [1.82, 2.24) is 15.1 Å². The Balaban J connectivity index is 1.75. The number of amides is 1. The van der Waals surface area contributed by atoms with E-state index in [2.05, 4.69) is 15.1 Å². The highest BCUT2D eigenvalue weighted by atomic mass is 16.4. The molecular weight excluding hydrogens is 308 g/mol. The molecule has 24 heavy (non-hydrogen) atoms. The summed E-state index contributed by atoms with van der Waals surface area (Å²) in [5.74, 6) is 0.196. The van der Waals surface area contributed by atoms with Crippen molar-refractivity contribution in [2.75, 3.05) is 25.0 Å². The van der Waals surface area contributed by atoms with Crippen LogP contribution in [0.1, 0.15) is 44.2 Å². The zero-order chi connectivity index (χ0) is 17.5. The molecule has 2 rings (SSSR count). The first-order valence-electron chi connectivity index (χ1n) is 8.50. The quantitative estimate of drug-likeness (QED) is 0.766. The molecule has 7 nitrogen and oxygen atoms in total. The molecule has 0 radical (unpaired) electrons. The number of piperidine rings is 1. The van der Waals surface area contributed by atoms with E-state index in [4.69, 9.17) is 5.11 Å². The number of aryl methyl sites for hydroxylation is 1. The molecule has 0 bridgehead atoms. The Morgan fingerprint density at radius 2 is 1.88 bits per heavy atom. The lowest BCUT2D eigenvalue weighted by Gasteiger charge is -2.37. The predicted molar refractivity (Wildman–Crippen MR) is 90.9 cm³/mol. The van der Waals surface area contributed by atoms with Crippen molar-refractivity contribution in [3.8, 4) is 0 Å². The Hall–Kier alpha value is -2.18. The first-order valence-corrected chi connectivity index (χ1v) is 8.50. The number of nitrogens with zero attached hydrogens (tertiary/aromatic N) is 4. The highest BCUT2D eigenvalue weighted by molar-refractivity contribution is 5.76. The smallest absolute Gasteiger partial charge is 0.303 e. The molecule has 1 aromatic rings. The van der Waals surface area contributed by atoms with Crippen LogP contribution in [0.4, 0.5) is 5.82 Å². The van der Waals surface area contributed by atoms with Gasteiger partial charge in [-0.1, -0.05) is 0 Å². The Bertz CT molecular complexity index is 553. The van der Waals surface area contributed by atoms with Gasteiger partial charge < -0.3 is 14.9 Å². The summed E-state index contributed by atoms with van der Waals surface area (Å²) >= 11 is 0. The lowest BCUT2D eigenvalue weighted by atomic mass is 10.0. The van der Waals surface area contributed by atoms with Gasteiger partial charge in [-0.3, -0.25) is 9.59 Å². The van der Waals surface area contributed by atoms with Gasteiger partial charge in [0.1, 0.15) is 0 Å². The van der Waals surface area contributed by atoms with Gasteiger partial charge in [-0.15, -0.1) is 5.10 Å². The molecule has 7 heteroatoms. The monoisotopic (exact) mass is 334 g/mol. The molecular formula is C17H26N4O3.